The zero-order valence-electron chi connectivity index (χ0n) is 16.0. The van der Waals surface area contributed by atoms with Crippen molar-refractivity contribution in [2.75, 3.05) is 31.1 Å². The minimum atomic E-state index is 0.334. The Kier molecular flexibility index (Phi) is 3.73. The number of benzene rings is 2. The third-order valence-electron chi connectivity index (χ3n) is 6.03. The standard InChI is InChI=1S/C22H20ClN5O/c1-12-2-3-17-21(27-11-26-17)20(12)14-7-18-15(6-16(14)23)22-19(9-25-18)29-10-13-8-24-4-5-28(13)22/h2-3,6-7,9,11,13,24H,4-5,8,10H2,1H3,(H,26,27)/t13-/m1/s1. The molecule has 6 rings (SSSR count). The Bertz CT molecular complexity index is 1270. The maximum Gasteiger partial charge on any atom is 0.161 e. The smallest absolute Gasteiger partial charge is 0.161 e. The van der Waals surface area contributed by atoms with E-state index in [1.807, 2.05) is 18.3 Å². The lowest BCUT2D eigenvalue weighted by Crippen LogP contribution is -2.55. The molecule has 146 valence electrons. The van der Waals surface area contributed by atoms with Crippen LogP contribution in [0.15, 0.2) is 36.8 Å². The van der Waals surface area contributed by atoms with Gasteiger partial charge in [0.25, 0.3) is 0 Å². The average Bonchev–Trinajstić information content (AvgIpc) is 3.22. The number of rotatable bonds is 1. The van der Waals surface area contributed by atoms with Crippen molar-refractivity contribution in [3.8, 4) is 16.9 Å². The number of nitrogens with one attached hydrogen (secondary N) is 2. The fourth-order valence-electron chi connectivity index (χ4n) is 4.61. The van der Waals surface area contributed by atoms with Crippen LogP contribution in [0.3, 0.4) is 0 Å². The summed E-state index contributed by atoms with van der Waals surface area (Å²) >= 11 is 6.86. The summed E-state index contributed by atoms with van der Waals surface area (Å²) in [5.41, 5.74) is 7.08. The molecule has 2 aliphatic rings. The van der Waals surface area contributed by atoms with Crippen LogP contribution in [0.2, 0.25) is 5.02 Å². The summed E-state index contributed by atoms with van der Waals surface area (Å²) in [4.78, 5) is 14.9. The van der Waals surface area contributed by atoms with Crippen LogP contribution in [0.4, 0.5) is 5.69 Å². The minimum absolute atomic E-state index is 0.334. The van der Waals surface area contributed by atoms with E-state index >= 15 is 0 Å². The highest BCUT2D eigenvalue weighted by atomic mass is 35.5. The summed E-state index contributed by atoms with van der Waals surface area (Å²) in [6.07, 6.45) is 3.56. The van der Waals surface area contributed by atoms with E-state index in [9.17, 15) is 0 Å². The highest BCUT2D eigenvalue weighted by molar-refractivity contribution is 6.35. The number of H-pyrrole nitrogens is 1. The molecule has 1 saturated heterocycles. The van der Waals surface area contributed by atoms with Crippen LogP contribution in [0.5, 0.6) is 5.75 Å². The van der Waals surface area contributed by atoms with Gasteiger partial charge in [-0.05, 0) is 30.7 Å². The number of halogens is 1. The third-order valence-corrected chi connectivity index (χ3v) is 6.35. The van der Waals surface area contributed by atoms with E-state index in [4.69, 9.17) is 21.3 Å². The second kappa shape index (κ2) is 6.34. The lowest BCUT2D eigenvalue weighted by atomic mass is 9.96. The molecular weight excluding hydrogens is 386 g/mol. The van der Waals surface area contributed by atoms with Gasteiger partial charge in [0.15, 0.2) is 5.75 Å². The molecule has 0 amide bonds. The molecule has 7 heteroatoms. The maximum absolute atomic E-state index is 6.86. The average molecular weight is 406 g/mol. The summed E-state index contributed by atoms with van der Waals surface area (Å²) in [6, 6.07) is 8.60. The molecule has 1 fully saturated rings. The number of aryl methyl sites for hydroxylation is 1. The van der Waals surface area contributed by atoms with Crippen molar-refractivity contribution in [3.05, 3.63) is 47.4 Å². The fourth-order valence-corrected chi connectivity index (χ4v) is 4.87. The first-order chi connectivity index (χ1) is 14.2. The monoisotopic (exact) mass is 405 g/mol. The number of aromatic nitrogens is 3. The molecular formula is C22H20ClN5O. The van der Waals surface area contributed by atoms with Crippen LogP contribution >= 0.6 is 11.6 Å². The quantitative estimate of drug-likeness (QED) is 0.502. The van der Waals surface area contributed by atoms with Gasteiger partial charge in [-0.25, -0.2) is 4.98 Å². The number of anilines is 1. The van der Waals surface area contributed by atoms with E-state index in [0.717, 1.165) is 69.7 Å². The molecule has 2 N–H and O–H groups in total. The zero-order chi connectivity index (χ0) is 19.5. The Morgan fingerprint density at radius 2 is 2.17 bits per heavy atom. The van der Waals surface area contributed by atoms with Crippen molar-refractivity contribution in [1.29, 1.82) is 0 Å². The lowest BCUT2D eigenvalue weighted by Gasteiger charge is -2.42. The van der Waals surface area contributed by atoms with Gasteiger partial charge in [-0.2, -0.15) is 0 Å². The number of imidazole rings is 1. The van der Waals surface area contributed by atoms with Gasteiger partial charge in [0, 0.05) is 41.2 Å². The first kappa shape index (κ1) is 17.1. The van der Waals surface area contributed by atoms with Crippen molar-refractivity contribution in [3.63, 3.8) is 0 Å². The van der Waals surface area contributed by atoms with Gasteiger partial charge in [0.1, 0.15) is 6.61 Å². The van der Waals surface area contributed by atoms with Crippen LogP contribution in [-0.4, -0.2) is 47.2 Å². The van der Waals surface area contributed by atoms with Gasteiger partial charge < -0.3 is 19.9 Å². The first-order valence-electron chi connectivity index (χ1n) is 9.86. The number of aromatic amines is 1. The summed E-state index contributed by atoms with van der Waals surface area (Å²) in [7, 11) is 0. The molecule has 2 aromatic carbocycles. The molecule has 0 bridgehead atoms. The van der Waals surface area contributed by atoms with Crippen molar-refractivity contribution < 1.29 is 4.74 Å². The Morgan fingerprint density at radius 1 is 1.24 bits per heavy atom. The van der Waals surface area contributed by atoms with Gasteiger partial charge in [-0.15, -0.1) is 0 Å². The number of hydrogen-bond acceptors (Lipinski definition) is 5. The Balaban J connectivity index is 1.59. The second-order valence-corrected chi connectivity index (χ2v) is 8.15. The Hall–Kier alpha value is -2.83. The van der Waals surface area contributed by atoms with E-state index in [1.54, 1.807) is 6.33 Å². The Morgan fingerprint density at radius 3 is 3.10 bits per heavy atom. The number of hydrogen-bond donors (Lipinski definition) is 2. The predicted octanol–water partition coefficient (Wildman–Crippen LogP) is 3.91. The molecule has 29 heavy (non-hydrogen) atoms. The molecule has 2 aliphatic heterocycles. The molecule has 0 aliphatic carbocycles. The summed E-state index contributed by atoms with van der Waals surface area (Å²) < 4.78 is 6.02. The minimum Gasteiger partial charge on any atom is -0.488 e. The molecule has 0 saturated carbocycles. The SMILES string of the molecule is Cc1ccc2[nH]cnc2c1-c1cc2ncc3c(c2cc1Cl)N1CCNC[C@@H]1CO3. The van der Waals surface area contributed by atoms with E-state index in [-0.39, 0.29) is 0 Å². The normalized spacial score (nSPS) is 18.6. The molecule has 0 unspecified atom stereocenters. The molecule has 4 aromatic rings. The molecule has 4 heterocycles. The summed E-state index contributed by atoms with van der Waals surface area (Å²) in [6.45, 7) is 5.61. The molecule has 0 radical (unpaired) electrons. The topological polar surface area (TPSA) is 66.1 Å². The van der Waals surface area contributed by atoms with E-state index in [0.29, 0.717) is 17.7 Å². The predicted molar refractivity (Wildman–Crippen MR) is 116 cm³/mol. The zero-order valence-corrected chi connectivity index (χ0v) is 16.8. The van der Waals surface area contributed by atoms with Crippen LogP contribution in [0.1, 0.15) is 5.56 Å². The van der Waals surface area contributed by atoms with Crippen LogP contribution in [-0.2, 0) is 0 Å². The largest absolute Gasteiger partial charge is 0.488 e. The summed E-state index contributed by atoms with van der Waals surface area (Å²) in [5.74, 6) is 0.838. The summed E-state index contributed by atoms with van der Waals surface area (Å²) in [5, 5.41) is 5.19. The molecule has 2 aromatic heterocycles. The number of piperazine rings is 1. The van der Waals surface area contributed by atoms with Crippen molar-refractivity contribution in [1.82, 2.24) is 20.3 Å². The highest BCUT2D eigenvalue weighted by Crippen LogP contribution is 2.43. The second-order valence-electron chi connectivity index (χ2n) is 7.74. The van der Waals surface area contributed by atoms with Crippen molar-refractivity contribution in [2.24, 2.45) is 0 Å². The van der Waals surface area contributed by atoms with Crippen molar-refractivity contribution >= 4 is 39.2 Å². The van der Waals surface area contributed by atoms with Gasteiger partial charge in [-0.1, -0.05) is 17.7 Å². The molecule has 1 atom stereocenters. The van der Waals surface area contributed by atoms with Crippen molar-refractivity contribution in [2.45, 2.75) is 13.0 Å². The fraction of sp³-hybridized carbons (Fsp3) is 0.273. The maximum atomic E-state index is 6.86. The molecule has 6 nitrogen and oxygen atoms in total. The lowest BCUT2D eigenvalue weighted by molar-refractivity contribution is 0.247. The Labute approximate surface area is 172 Å². The van der Waals surface area contributed by atoms with E-state index < -0.39 is 0 Å². The first-order valence-corrected chi connectivity index (χ1v) is 10.2. The van der Waals surface area contributed by atoms with Crippen LogP contribution in [0, 0.1) is 6.92 Å². The van der Waals surface area contributed by atoms with Gasteiger partial charge in [0.2, 0.25) is 0 Å². The third kappa shape index (κ3) is 2.52. The van der Waals surface area contributed by atoms with Gasteiger partial charge in [-0.3, -0.25) is 4.98 Å². The van der Waals surface area contributed by atoms with Gasteiger partial charge >= 0.3 is 0 Å². The number of nitrogens with zero attached hydrogens (tertiary/aromatic N) is 3. The molecule has 0 spiro atoms. The number of fused-ring (bicyclic) bond motifs is 6. The van der Waals surface area contributed by atoms with E-state index in [2.05, 4.69) is 39.2 Å². The van der Waals surface area contributed by atoms with E-state index in [1.165, 1.54) is 0 Å². The number of pyridine rings is 1. The van der Waals surface area contributed by atoms with Crippen LogP contribution < -0.4 is 15.0 Å². The van der Waals surface area contributed by atoms with Gasteiger partial charge in [0.05, 0.1) is 40.8 Å². The van der Waals surface area contributed by atoms with Crippen LogP contribution in [0.25, 0.3) is 33.1 Å². The highest BCUT2D eigenvalue weighted by Gasteiger charge is 2.31. The number of ether oxygens (including phenoxy) is 1.